The van der Waals surface area contributed by atoms with Crippen molar-refractivity contribution in [2.75, 3.05) is 26.2 Å². The Balaban J connectivity index is 1.94. The first kappa shape index (κ1) is 14.3. The summed E-state index contributed by atoms with van der Waals surface area (Å²) < 4.78 is 10.7. The zero-order chi connectivity index (χ0) is 12.7. The minimum atomic E-state index is -0.434. The van der Waals surface area contributed by atoms with E-state index in [9.17, 15) is 4.79 Å². The van der Waals surface area contributed by atoms with Gasteiger partial charge in [0.1, 0.15) is 5.60 Å². The molecule has 0 spiro atoms. The molecule has 2 N–H and O–H groups in total. The van der Waals surface area contributed by atoms with Gasteiger partial charge in [-0.15, -0.1) is 0 Å². The van der Waals surface area contributed by atoms with Crippen molar-refractivity contribution in [3.8, 4) is 0 Å². The van der Waals surface area contributed by atoms with Gasteiger partial charge in [0.25, 0.3) is 0 Å². The molecule has 1 fully saturated rings. The Kier molecular flexibility index (Phi) is 5.71. The van der Waals surface area contributed by atoms with Gasteiger partial charge in [0.2, 0.25) is 0 Å². The summed E-state index contributed by atoms with van der Waals surface area (Å²) >= 11 is 0. The maximum atomic E-state index is 11.3. The lowest BCUT2D eigenvalue weighted by Gasteiger charge is -2.19. The highest BCUT2D eigenvalue weighted by Gasteiger charge is 2.16. The van der Waals surface area contributed by atoms with Crippen LogP contribution >= 0.6 is 0 Å². The third-order valence-electron chi connectivity index (χ3n) is 2.36. The van der Waals surface area contributed by atoms with Crippen LogP contribution in [0.1, 0.15) is 33.6 Å². The number of nitrogens with one attached hydrogen (secondary N) is 2. The van der Waals surface area contributed by atoms with E-state index in [2.05, 4.69) is 10.6 Å². The summed E-state index contributed by atoms with van der Waals surface area (Å²) in [5.41, 5.74) is -0.434. The quantitative estimate of drug-likeness (QED) is 0.715. The fraction of sp³-hybridized carbons (Fsp3) is 0.917. The van der Waals surface area contributed by atoms with Gasteiger partial charge in [0.05, 0.1) is 6.10 Å². The summed E-state index contributed by atoms with van der Waals surface area (Å²) in [6.45, 7) is 8.81. The first-order valence-electron chi connectivity index (χ1n) is 6.26. The predicted molar refractivity (Wildman–Crippen MR) is 66.1 cm³/mol. The fourth-order valence-corrected chi connectivity index (χ4v) is 1.60. The third kappa shape index (κ3) is 7.18. The van der Waals surface area contributed by atoms with Crippen LogP contribution in [0.25, 0.3) is 0 Å². The zero-order valence-corrected chi connectivity index (χ0v) is 11.0. The summed E-state index contributed by atoms with van der Waals surface area (Å²) in [5, 5.41) is 5.95. The summed E-state index contributed by atoms with van der Waals surface area (Å²) in [4.78, 5) is 11.3. The van der Waals surface area contributed by atoms with Gasteiger partial charge in [0, 0.05) is 19.7 Å². The van der Waals surface area contributed by atoms with Gasteiger partial charge in [-0.3, -0.25) is 0 Å². The summed E-state index contributed by atoms with van der Waals surface area (Å²) in [6.07, 6.45) is 1.88. The molecule has 0 saturated carbocycles. The molecule has 0 aliphatic carbocycles. The molecule has 1 aliphatic rings. The Morgan fingerprint density at radius 3 is 2.82 bits per heavy atom. The summed E-state index contributed by atoms with van der Waals surface area (Å²) in [7, 11) is 0. The van der Waals surface area contributed by atoms with Crippen LogP contribution in [0.5, 0.6) is 0 Å². The van der Waals surface area contributed by atoms with E-state index in [-0.39, 0.29) is 6.09 Å². The topological polar surface area (TPSA) is 59.6 Å². The van der Waals surface area contributed by atoms with Crippen LogP contribution in [-0.4, -0.2) is 44.0 Å². The number of carbonyl (C=O) groups is 1. The average molecular weight is 244 g/mol. The van der Waals surface area contributed by atoms with E-state index in [0.717, 1.165) is 25.9 Å². The van der Waals surface area contributed by atoms with Crippen LogP contribution in [0.4, 0.5) is 4.79 Å². The molecule has 1 aliphatic heterocycles. The van der Waals surface area contributed by atoms with Crippen molar-refractivity contribution in [2.24, 2.45) is 0 Å². The van der Waals surface area contributed by atoms with Gasteiger partial charge < -0.3 is 20.1 Å². The molecule has 1 atom stereocenters. The molecule has 1 rings (SSSR count). The third-order valence-corrected chi connectivity index (χ3v) is 2.36. The smallest absolute Gasteiger partial charge is 0.407 e. The Hall–Kier alpha value is -0.810. The molecule has 1 saturated heterocycles. The van der Waals surface area contributed by atoms with Gasteiger partial charge in [-0.05, 0) is 40.2 Å². The molecule has 1 heterocycles. The number of ether oxygens (including phenoxy) is 2. The maximum absolute atomic E-state index is 11.3. The van der Waals surface area contributed by atoms with E-state index in [0.29, 0.717) is 19.3 Å². The van der Waals surface area contributed by atoms with Crippen LogP contribution in [-0.2, 0) is 9.47 Å². The SMILES string of the molecule is CC(C)(C)OC(=O)NCCCO[C@@H]1CCNC1. The number of amides is 1. The Morgan fingerprint density at radius 2 is 2.24 bits per heavy atom. The molecular weight excluding hydrogens is 220 g/mol. The van der Waals surface area contributed by atoms with Crippen LogP contribution in [0, 0.1) is 0 Å². The Morgan fingerprint density at radius 1 is 1.47 bits per heavy atom. The molecule has 100 valence electrons. The molecule has 5 heteroatoms. The molecule has 17 heavy (non-hydrogen) atoms. The molecule has 0 aromatic rings. The van der Waals surface area contributed by atoms with Crippen molar-refractivity contribution in [1.29, 1.82) is 0 Å². The normalized spacial score (nSPS) is 20.3. The van der Waals surface area contributed by atoms with Crippen LogP contribution < -0.4 is 10.6 Å². The fourth-order valence-electron chi connectivity index (χ4n) is 1.60. The number of rotatable bonds is 5. The van der Waals surface area contributed by atoms with Crippen molar-refractivity contribution >= 4 is 6.09 Å². The highest BCUT2D eigenvalue weighted by molar-refractivity contribution is 5.67. The summed E-state index contributed by atoms with van der Waals surface area (Å²) in [6, 6.07) is 0. The van der Waals surface area contributed by atoms with Crippen LogP contribution in [0.3, 0.4) is 0 Å². The van der Waals surface area contributed by atoms with E-state index in [4.69, 9.17) is 9.47 Å². The Labute approximate surface area is 103 Å². The molecule has 5 nitrogen and oxygen atoms in total. The molecule has 0 aromatic carbocycles. The minimum Gasteiger partial charge on any atom is -0.444 e. The van der Waals surface area contributed by atoms with Crippen LogP contribution in [0.2, 0.25) is 0 Å². The zero-order valence-electron chi connectivity index (χ0n) is 11.0. The van der Waals surface area contributed by atoms with E-state index >= 15 is 0 Å². The molecule has 0 bridgehead atoms. The van der Waals surface area contributed by atoms with E-state index in [1.54, 1.807) is 0 Å². The molecule has 0 unspecified atom stereocenters. The first-order chi connectivity index (χ1) is 7.97. The van der Waals surface area contributed by atoms with Crippen molar-refractivity contribution in [3.05, 3.63) is 0 Å². The van der Waals surface area contributed by atoms with Crippen LogP contribution in [0.15, 0.2) is 0 Å². The van der Waals surface area contributed by atoms with E-state index < -0.39 is 5.60 Å². The number of hydrogen-bond acceptors (Lipinski definition) is 4. The second kappa shape index (κ2) is 6.81. The average Bonchev–Trinajstić information content (AvgIpc) is 2.67. The standard InChI is InChI=1S/C12H24N2O3/c1-12(2,3)17-11(15)14-6-4-8-16-10-5-7-13-9-10/h10,13H,4-9H2,1-3H3,(H,14,15)/t10-/m1/s1. The largest absolute Gasteiger partial charge is 0.444 e. The van der Waals surface area contributed by atoms with Crippen molar-refractivity contribution < 1.29 is 14.3 Å². The monoisotopic (exact) mass is 244 g/mol. The molecule has 0 aromatic heterocycles. The molecule has 1 amide bonds. The van der Waals surface area contributed by atoms with Crippen molar-refractivity contribution in [3.63, 3.8) is 0 Å². The van der Waals surface area contributed by atoms with Gasteiger partial charge in [-0.2, -0.15) is 0 Å². The lowest BCUT2D eigenvalue weighted by molar-refractivity contribution is 0.0493. The minimum absolute atomic E-state index is 0.344. The second-order valence-corrected chi connectivity index (χ2v) is 5.27. The van der Waals surface area contributed by atoms with Gasteiger partial charge >= 0.3 is 6.09 Å². The molecular formula is C12H24N2O3. The van der Waals surface area contributed by atoms with Gasteiger partial charge in [-0.1, -0.05) is 0 Å². The van der Waals surface area contributed by atoms with Crippen molar-refractivity contribution in [2.45, 2.75) is 45.3 Å². The van der Waals surface area contributed by atoms with Crippen molar-refractivity contribution in [1.82, 2.24) is 10.6 Å². The summed E-state index contributed by atoms with van der Waals surface area (Å²) in [5.74, 6) is 0. The number of alkyl carbamates (subject to hydrolysis) is 1. The predicted octanol–water partition coefficient (Wildman–Crippen LogP) is 1.28. The van der Waals surface area contributed by atoms with Gasteiger partial charge in [-0.25, -0.2) is 4.79 Å². The van der Waals surface area contributed by atoms with E-state index in [1.807, 2.05) is 20.8 Å². The number of carbonyl (C=O) groups excluding carboxylic acids is 1. The Bertz CT molecular complexity index is 232. The molecule has 0 radical (unpaired) electrons. The second-order valence-electron chi connectivity index (χ2n) is 5.27. The lowest BCUT2D eigenvalue weighted by atomic mass is 10.2. The number of hydrogen-bond donors (Lipinski definition) is 2. The van der Waals surface area contributed by atoms with Gasteiger partial charge in [0.15, 0.2) is 0 Å². The maximum Gasteiger partial charge on any atom is 0.407 e. The first-order valence-corrected chi connectivity index (χ1v) is 6.26. The lowest BCUT2D eigenvalue weighted by Crippen LogP contribution is -2.33. The highest BCUT2D eigenvalue weighted by atomic mass is 16.6. The highest BCUT2D eigenvalue weighted by Crippen LogP contribution is 2.06. The van der Waals surface area contributed by atoms with E-state index in [1.165, 1.54) is 0 Å².